The summed E-state index contributed by atoms with van der Waals surface area (Å²) < 4.78 is 24.6. The summed E-state index contributed by atoms with van der Waals surface area (Å²) in [5, 5.41) is 7.27. The number of thiophene rings is 1. The number of ether oxygens (including phenoxy) is 2. The quantitative estimate of drug-likeness (QED) is 0.869. The highest BCUT2D eigenvalue weighted by Gasteiger charge is 2.16. The molecule has 3 rings (SSSR count). The summed E-state index contributed by atoms with van der Waals surface area (Å²) in [5.41, 5.74) is 0. The molecule has 2 aromatic rings. The summed E-state index contributed by atoms with van der Waals surface area (Å²) >= 11 is 1.22. The van der Waals surface area contributed by atoms with Crippen LogP contribution in [-0.2, 0) is 4.79 Å². The number of benzene rings is 1. The van der Waals surface area contributed by atoms with E-state index in [4.69, 9.17) is 19.4 Å². The first-order valence-corrected chi connectivity index (χ1v) is 7.31. The molecule has 0 amide bonds. The van der Waals surface area contributed by atoms with E-state index in [0.717, 1.165) is 0 Å². The van der Waals surface area contributed by atoms with Crippen molar-refractivity contribution in [3.05, 3.63) is 22.8 Å². The van der Waals surface area contributed by atoms with Crippen LogP contribution in [0.2, 0.25) is 0 Å². The van der Waals surface area contributed by atoms with Crippen LogP contribution in [0, 0.1) is 5.82 Å². The van der Waals surface area contributed by atoms with Crippen LogP contribution in [0.5, 0.6) is 11.5 Å². The van der Waals surface area contributed by atoms with Crippen molar-refractivity contribution in [3.8, 4) is 11.5 Å². The van der Waals surface area contributed by atoms with E-state index in [1.165, 1.54) is 50.9 Å². The van der Waals surface area contributed by atoms with Gasteiger partial charge in [0.05, 0.1) is 19.1 Å². The molecule has 0 bridgehead atoms. The van der Waals surface area contributed by atoms with Gasteiger partial charge in [-0.25, -0.2) is 4.39 Å². The molecule has 1 saturated carbocycles. The minimum Gasteiger partial charge on any atom is -0.493 e. The van der Waals surface area contributed by atoms with Gasteiger partial charge in [-0.3, -0.25) is 9.59 Å². The minimum atomic E-state index is -0.499. The van der Waals surface area contributed by atoms with Crippen LogP contribution >= 0.6 is 11.3 Å². The Morgan fingerprint density at radius 2 is 1.77 bits per heavy atom. The monoisotopic (exact) mass is 328 g/mol. The highest BCUT2D eigenvalue weighted by molar-refractivity contribution is 7.20. The Morgan fingerprint density at radius 1 is 1.18 bits per heavy atom. The molecule has 1 aliphatic carbocycles. The summed E-state index contributed by atoms with van der Waals surface area (Å²) in [7, 11) is 2.82. The number of methoxy groups -OCH3 is 2. The van der Waals surface area contributed by atoms with Crippen LogP contribution in [0.4, 0.5) is 4.39 Å². The second-order valence-corrected chi connectivity index (χ2v) is 5.39. The Bertz CT molecular complexity index is 634. The number of fused-ring (bicyclic) bond motifs is 1. The number of carbonyl (C=O) groups excluding carboxylic acids is 1. The Balaban J connectivity index is 0.000000341. The van der Waals surface area contributed by atoms with Crippen molar-refractivity contribution in [3.63, 3.8) is 0 Å². The topological polar surface area (TPSA) is 72.8 Å². The van der Waals surface area contributed by atoms with Gasteiger partial charge < -0.3 is 14.6 Å². The zero-order valence-corrected chi connectivity index (χ0v) is 13.1. The third-order valence-electron chi connectivity index (χ3n) is 2.60. The number of aldehydes is 1. The van der Waals surface area contributed by atoms with Gasteiger partial charge >= 0.3 is 0 Å². The van der Waals surface area contributed by atoms with Crippen molar-refractivity contribution < 1.29 is 28.6 Å². The van der Waals surface area contributed by atoms with Gasteiger partial charge in [0, 0.05) is 16.2 Å². The van der Waals surface area contributed by atoms with Crippen molar-refractivity contribution in [1.82, 2.24) is 0 Å². The second kappa shape index (κ2) is 8.99. The van der Waals surface area contributed by atoms with Crippen molar-refractivity contribution in [2.75, 3.05) is 14.2 Å². The SMILES string of the molecule is C1CC1.COc1cc2sc(C=O)cc2c(F)c1OC.O=CO. The van der Waals surface area contributed by atoms with Gasteiger partial charge in [-0.2, -0.15) is 0 Å². The molecule has 1 aromatic heterocycles. The maximum atomic E-state index is 14.0. The third-order valence-corrected chi connectivity index (χ3v) is 3.60. The molecular weight excluding hydrogens is 311 g/mol. The second-order valence-electron chi connectivity index (χ2n) is 4.27. The van der Waals surface area contributed by atoms with Crippen LogP contribution in [0.15, 0.2) is 12.1 Å². The molecule has 0 unspecified atom stereocenters. The van der Waals surface area contributed by atoms with Gasteiger partial charge in [-0.05, 0) is 6.07 Å². The van der Waals surface area contributed by atoms with Crippen LogP contribution in [0.1, 0.15) is 28.9 Å². The highest BCUT2D eigenvalue weighted by atomic mass is 32.1. The van der Waals surface area contributed by atoms with Gasteiger partial charge in [0.25, 0.3) is 6.47 Å². The zero-order valence-electron chi connectivity index (χ0n) is 12.3. The first-order valence-electron chi connectivity index (χ1n) is 6.49. The molecule has 22 heavy (non-hydrogen) atoms. The minimum absolute atomic E-state index is 0.0604. The first-order chi connectivity index (χ1) is 10.6. The fourth-order valence-corrected chi connectivity index (χ4v) is 2.42. The number of hydrogen-bond donors (Lipinski definition) is 1. The van der Waals surface area contributed by atoms with Gasteiger partial charge in [0.2, 0.25) is 0 Å². The molecule has 1 heterocycles. The number of hydrogen-bond acceptors (Lipinski definition) is 5. The van der Waals surface area contributed by atoms with E-state index in [9.17, 15) is 9.18 Å². The number of carbonyl (C=O) groups is 2. The lowest BCUT2D eigenvalue weighted by atomic mass is 10.2. The normalized spacial score (nSPS) is 11.4. The molecule has 7 heteroatoms. The smallest absolute Gasteiger partial charge is 0.290 e. The average Bonchev–Trinajstić information content (AvgIpc) is 3.34. The van der Waals surface area contributed by atoms with Crippen LogP contribution in [0.25, 0.3) is 10.1 Å². The summed E-state index contributed by atoms with van der Waals surface area (Å²) in [6.07, 6.45) is 5.20. The molecule has 1 aliphatic rings. The Hall–Kier alpha value is -2.15. The summed E-state index contributed by atoms with van der Waals surface area (Å²) in [4.78, 5) is 19.5. The standard InChI is InChI=1S/C11H9FO3S.C3H6.CH2O2/c1-14-8-4-9-7(3-6(5-13)16-9)10(12)11(8)15-2;1-2-3-1;2-1-3/h3-5H,1-2H3;1-3H2;1H,(H,2,3). The lowest BCUT2D eigenvalue weighted by Crippen LogP contribution is -1.93. The largest absolute Gasteiger partial charge is 0.493 e. The van der Waals surface area contributed by atoms with E-state index in [1.807, 2.05) is 0 Å². The molecule has 1 N–H and O–H groups in total. The van der Waals surface area contributed by atoms with Crippen molar-refractivity contribution in [1.29, 1.82) is 0 Å². The Morgan fingerprint density at radius 3 is 2.18 bits per heavy atom. The van der Waals surface area contributed by atoms with Gasteiger partial charge in [-0.1, -0.05) is 19.3 Å². The molecule has 0 spiro atoms. The lowest BCUT2D eigenvalue weighted by molar-refractivity contribution is -0.122. The van der Waals surface area contributed by atoms with Crippen LogP contribution < -0.4 is 9.47 Å². The molecule has 0 aliphatic heterocycles. The van der Waals surface area contributed by atoms with E-state index in [0.29, 0.717) is 27.0 Å². The Labute approximate surface area is 131 Å². The van der Waals surface area contributed by atoms with Crippen molar-refractivity contribution >= 4 is 34.2 Å². The molecule has 5 nitrogen and oxygen atoms in total. The highest BCUT2D eigenvalue weighted by Crippen LogP contribution is 2.39. The van der Waals surface area contributed by atoms with E-state index >= 15 is 0 Å². The van der Waals surface area contributed by atoms with E-state index < -0.39 is 5.82 Å². The Kier molecular flexibility index (Phi) is 7.31. The zero-order chi connectivity index (χ0) is 16.5. The molecule has 1 aromatic carbocycles. The maximum absolute atomic E-state index is 14.0. The molecular formula is C15H17FO5S. The molecule has 120 valence electrons. The lowest BCUT2D eigenvalue weighted by Gasteiger charge is -2.08. The van der Waals surface area contributed by atoms with Crippen molar-refractivity contribution in [2.24, 2.45) is 0 Å². The third kappa shape index (κ3) is 4.70. The fraction of sp³-hybridized carbons (Fsp3) is 0.333. The van der Waals surface area contributed by atoms with Gasteiger partial charge in [0.1, 0.15) is 0 Å². The van der Waals surface area contributed by atoms with Gasteiger partial charge in [-0.15, -0.1) is 11.3 Å². The summed E-state index contributed by atoms with van der Waals surface area (Å²) in [5.74, 6) is -0.113. The number of halogens is 1. The predicted molar refractivity (Wildman–Crippen MR) is 82.8 cm³/mol. The molecule has 1 fully saturated rings. The number of carboxylic acid groups (broad SMARTS) is 1. The van der Waals surface area contributed by atoms with E-state index in [-0.39, 0.29) is 12.2 Å². The molecule has 0 radical (unpaired) electrons. The fourth-order valence-electron chi connectivity index (χ4n) is 1.52. The van der Waals surface area contributed by atoms with Crippen LogP contribution in [0.3, 0.4) is 0 Å². The van der Waals surface area contributed by atoms with Gasteiger partial charge in [0.15, 0.2) is 23.6 Å². The van der Waals surface area contributed by atoms with E-state index in [1.54, 1.807) is 6.07 Å². The maximum Gasteiger partial charge on any atom is 0.290 e. The van der Waals surface area contributed by atoms with Crippen molar-refractivity contribution in [2.45, 2.75) is 19.3 Å². The molecule has 0 saturated heterocycles. The van der Waals surface area contributed by atoms with E-state index in [2.05, 4.69) is 0 Å². The average molecular weight is 328 g/mol. The van der Waals surface area contributed by atoms with Crippen LogP contribution in [-0.4, -0.2) is 32.1 Å². The first kappa shape index (κ1) is 17.9. The number of rotatable bonds is 3. The predicted octanol–water partition coefficient (Wildman–Crippen LogP) is 3.74. The summed E-state index contributed by atoms with van der Waals surface area (Å²) in [6, 6.07) is 3.17. The summed E-state index contributed by atoms with van der Waals surface area (Å²) in [6.45, 7) is -0.250. The molecule has 0 atom stereocenters.